The summed E-state index contributed by atoms with van der Waals surface area (Å²) in [6.45, 7) is 2.49. The lowest BCUT2D eigenvalue weighted by Crippen LogP contribution is -2.25. The summed E-state index contributed by atoms with van der Waals surface area (Å²) in [6, 6.07) is 15.7. The number of ether oxygens (including phenoxy) is 2. The van der Waals surface area contributed by atoms with E-state index >= 15 is 0 Å². The Hall–Kier alpha value is -3.67. The van der Waals surface area contributed by atoms with Crippen molar-refractivity contribution in [2.45, 2.75) is 32.2 Å². The van der Waals surface area contributed by atoms with Gasteiger partial charge in [0, 0.05) is 41.1 Å². The molecule has 0 aliphatic rings. The summed E-state index contributed by atoms with van der Waals surface area (Å²) in [5, 5.41) is 4.09. The van der Waals surface area contributed by atoms with E-state index in [1.165, 1.54) is 5.56 Å². The van der Waals surface area contributed by atoms with E-state index in [9.17, 15) is 4.79 Å². The number of aromatic amines is 1. The average Bonchev–Trinajstić information content (AvgIpc) is 3.50. The van der Waals surface area contributed by atoms with Crippen LogP contribution in [0.1, 0.15) is 41.7 Å². The van der Waals surface area contributed by atoms with E-state index < -0.39 is 0 Å². The van der Waals surface area contributed by atoms with Gasteiger partial charge in [0.25, 0.3) is 0 Å². The number of benzene rings is 2. The third-order valence-corrected chi connectivity index (χ3v) is 5.84. The molecular weight excluding hydrogens is 404 g/mol. The summed E-state index contributed by atoms with van der Waals surface area (Å²) in [4.78, 5) is 16.4. The predicted molar refractivity (Wildman–Crippen MR) is 124 cm³/mol. The number of nitrogens with one attached hydrogen (secondary N) is 2. The van der Waals surface area contributed by atoms with Crippen molar-refractivity contribution in [2.75, 3.05) is 14.2 Å². The first-order valence-electron chi connectivity index (χ1n) is 10.7. The standard InChI is InChI=1S/C26H28N2O4/c1-4-17-7-5-9-21-23(16-28-26(17)21)22(14-25(29)27-15-19-8-6-12-32-19)20-11-10-18(30-2)13-24(20)31-3/h5-13,16,22,28H,4,14-15H2,1-3H3,(H,27,29). The highest BCUT2D eigenvalue weighted by Gasteiger charge is 2.25. The molecule has 0 bridgehead atoms. The van der Waals surface area contributed by atoms with Crippen LogP contribution in [0.3, 0.4) is 0 Å². The van der Waals surface area contributed by atoms with E-state index in [2.05, 4.69) is 35.4 Å². The molecule has 2 aromatic carbocycles. The average molecular weight is 433 g/mol. The van der Waals surface area contributed by atoms with Crippen LogP contribution < -0.4 is 14.8 Å². The Bertz CT molecular complexity index is 1190. The van der Waals surface area contributed by atoms with Gasteiger partial charge in [-0.25, -0.2) is 0 Å². The molecule has 2 N–H and O–H groups in total. The van der Waals surface area contributed by atoms with Gasteiger partial charge in [-0.05, 0) is 35.7 Å². The fraction of sp³-hybridized carbons (Fsp3) is 0.269. The van der Waals surface area contributed by atoms with Gasteiger partial charge < -0.3 is 24.2 Å². The minimum absolute atomic E-state index is 0.0646. The number of aromatic nitrogens is 1. The lowest BCUT2D eigenvalue weighted by atomic mass is 9.87. The van der Waals surface area contributed by atoms with Crippen LogP contribution in [-0.2, 0) is 17.8 Å². The number of hydrogen-bond acceptors (Lipinski definition) is 4. The van der Waals surface area contributed by atoms with Gasteiger partial charge in [0.1, 0.15) is 17.3 Å². The molecule has 166 valence electrons. The number of H-pyrrole nitrogens is 1. The molecule has 6 heteroatoms. The van der Waals surface area contributed by atoms with Crippen LogP contribution in [-0.4, -0.2) is 25.1 Å². The second kappa shape index (κ2) is 9.64. The predicted octanol–water partition coefficient (Wildman–Crippen LogP) is 5.18. The minimum Gasteiger partial charge on any atom is -0.497 e. The maximum Gasteiger partial charge on any atom is 0.221 e. The van der Waals surface area contributed by atoms with E-state index in [1.807, 2.05) is 36.5 Å². The summed E-state index contributed by atoms with van der Waals surface area (Å²) in [5.74, 6) is 1.85. The smallest absolute Gasteiger partial charge is 0.221 e. The van der Waals surface area contributed by atoms with Crippen LogP contribution in [0.5, 0.6) is 11.5 Å². The van der Waals surface area contributed by atoms with Crippen molar-refractivity contribution in [3.05, 3.63) is 83.4 Å². The Kier molecular flexibility index (Phi) is 6.50. The number of para-hydroxylation sites is 1. The first-order chi connectivity index (χ1) is 15.6. The molecule has 1 atom stereocenters. The monoisotopic (exact) mass is 432 g/mol. The Morgan fingerprint density at radius 2 is 1.97 bits per heavy atom. The highest BCUT2D eigenvalue weighted by Crippen LogP contribution is 2.40. The van der Waals surface area contributed by atoms with Crippen molar-refractivity contribution in [1.82, 2.24) is 10.3 Å². The Morgan fingerprint density at radius 3 is 2.69 bits per heavy atom. The fourth-order valence-electron chi connectivity index (χ4n) is 4.17. The van der Waals surface area contributed by atoms with Gasteiger partial charge in [-0.3, -0.25) is 4.79 Å². The molecule has 0 spiro atoms. The highest BCUT2D eigenvalue weighted by molar-refractivity contribution is 5.88. The van der Waals surface area contributed by atoms with E-state index in [0.717, 1.165) is 34.2 Å². The normalized spacial score (nSPS) is 12.0. The number of hydrogen-bond donors (Lipinski definition) is 2. The van der Waals surface area contributed by atoms with Crippen LogP contribution >= 0.6 is 0 Å². The lowest BCUT2D eigenvalue weighted by molar-refractivity contribution is -0.121. The number of methoxy groups -OCH3 is 2. The molecule has 1 unspecified atom stereocenters. The number of aryl methyl sites for hydroxylation is 1. The summed E-state index contributed by atoms with van der Waals surface area (Å²) < 4.78 is 16.4. The summed E-state index contributed by atoms with van der Waals surface area (Å²) in [6.07, 6.45) is 4.81. The van der Waals surface area contributed by atoms with Gasteiger partial charge in [-0.2, -0.15) is 0 Å². The van der Waals surface area contributed by atoms with E-state index in [4.69, 9.17) is 13.9 Å². The number of carbonyl (C=O) groups excluding carboxylic acids is 1. The molecule has 4 rings (SSSR count). The first-order valence-corrected chi connectivity index (χ1v) is 10.7. The van der Waals surface area contributed by atoms with Crippen LogP contribution in [0.25, 0.3) is 10.9 Å². The van der Waals surface area contributed by atoms with Gasteiger partial charge >= 0.3 is 0 Å². The molecule has 1 amide bonds. The third-order valence-electron chi connectivity index (χ3n) is 5.84. The van der Waals surface area contributed by atoms with Crippen molar-refractivity contribution in [2.24, 2.45) is 0 Å². The summed E-state index contributed by atoms with van der Waals surface area (Å²) >= 11 is 0. The third kappa shape index (κ3) is 4.35. The Balaban J connectivity index is 1.73. The summed E-state index contributed by atoms with van der Waals surface area (Å²) in [5.41, 5.74) is 4.35. The number of carbonyl (C=O) groups is 1. The maximum absolute atomic E-state index is 13.0. The van der Waals surface area contributed by atoms with Gasteiger partial charge in [0.2, 0.25) is 5.91 Å². The molecule has 32 heavy (non-hydrogen) atoms. The Morgan fingerprint density at radius 1 is 1.09 bits per heavy atom. The molecule has 6 nitrogen and oxygen atoms in total. The second-order valence-corrected chi connectivity index (χ2v) is 7.66. The van der Waals surface area contributed by atoms with Gasteiger partial charge in [0.15, 0.2) is 0 Å². The molecule has 0 aliphatic carbocycles. The maximum atomic E-state index is 13.0. The minimum atomic E-state index is -0.201. The van der Waals surface area contributed by atoms with E-state index in [1.54, 1.807) is 20.5 Å². The van der Waals surface area contributed by atoms with Gasteiger partial charge in [-0.15, -0.1) is 0 Å². The molecular formula is C26H28N2O4. The molecule has 2 aromatic heterocycles. The molecule has 0 radical (unpaired) electrons. The molecule has 4 aromatic rings. The van der Waals surface area contributed by atoms with Crippen LogP contribution in [0, 0.1) is 0 Å². The largest absolute Gasteiger partial charge is 0.497 e. The zero-order valence-corrected chi connectivity index (χ0v) is 18.6. The highest BCUT2D eigenvalue weighted by atomic mass is 16.5. The topological polar surface area (TPSA) is 76.5 Å². The SMILES string of the molecule is CCc1cccc2c(C(CC(=O)NCc3ccco3)c3ccc(OC)cc3OC)c[nH]c12. The number of fused-ring (bicyclic) bond motifs is 1. The quantitative estimate of drug-likeness (QED) is 0.382. The van der Waals surface area contributed by atoms with Crippen molar-refractivity contribution in [3.8, 4) is 11.5 Å². The van der Waals surface area contributed by atoms with Crippen molar-refractivity contribution in [1.29, 1.82) is 0 Å². The lowest BCUT2D eigenvalue weighted by Gasteiger charge is -2.20. The molecule has 2 heterocycles. The number of rotatable bonds is 9. The first kappa shape index (κ1) is 21.6. The fourth-order valence-corrected chi connectivity index (χ4v) is 4.17. The van der Waals surface area contributed by atoms with E-state index in [-0.39, 0.29) is 18.2 Å². The van der Waals surface area contributed by atoms with E-state index in [0.29, 0.717) is 18.0 Å². The Labute approximate surface area is 187 Å². The van der Waals surface area contributed by atoms with Gasteiger partial charge in [-0.1, -0.05) is 31.2 Å². The molecule has 0 saturated heterocycles. The van der Waals surface area contributed by atoms with Crippen LogP contribution in [0.4, 0.5) is 0 Å². The molecule has 0 fully saturated rings. The van der Waals surface area contributed by atoms with Gasteiger partial charge in [0.05, 0.1) is 27.0 Å². The van der Waals surface area contributed by atoms with Crippen LogP contribution in [0.2, 0.25) is 0 Å². The zero-order valence-electron chi connectivity index (χ0n) is 18.6. The van der Waals surface area contributed by atoms with Crippen molar-refractivity contribution >= 4 is 16.8 Å². The second-order valence-electron chi connectivity index (χ2n) is 7.66. The summed E-state index contributed by atoms with van der Waals surface area (Å²) in [7, 11) is 3.26. The number of amides is 1. The molecule has 0 saturated carbocycles. The van der Waals surface area contributed by atoms with Crippen molar-refractivity contribution < 1.29 is 18.7 Å². The van der Waals surface area contributed by atoms with Crippen LogP contribution in [0.15, 0.2) is 65.4 Å². The zero-order chi connectivity index (χ0) is 22.5. The molecule has 0 aliphatic heterocycles. The number of furan rings is 1. The van der Waals surface area contributed by atoms with Crippen molar-refractivity contribution in [3.63, 3.8) is 0 Å².